The van der Waals surface area contributed by atoms with E-state index in [9.17, 15) is 24.3 Å². The van der Waals surface area contributed by atoms with Gasteiger partial charge in [-0.2, -0.15) is 0 Å². The fraction of sp³-hybridized carbons (Fsp3) is 0.579. The highest BCUT2D eigenvalue weighted by molar-refractivity contribution is 5.94. The van der Waals surface area contributed by atoms with Crippen LogP contribution in [0.3, 0.4) is 0 Å². The molecule has 2 aromatic rings. The molecule has 0 spiro atoms. The van der Waals surface area contributed by atoms with Crippen LogP contribution in [0.4, 0.5) is 4.79 Å². The summed E-state index contributed by atoms with van der Waals surface area (Å²) in [5.41, 5.74) is -0.601. The molecule has 48 heavy (non-hydrogen) atoms. The number of hydrogen-bond donors (Lipinski definition) is 3. The average Bonchev–Trinajstić information content (AvgIpc) is 2.97. The molecule has 0 heterocycles. The monoisotopic (exact) mass is 667 g/mol. The Balaban J connectivity index is 2.64. The number of benzene rings is 2. The Kier molecular flexibility index (Phi) is 15.4. The highest BCUT2D eigenvalue weighted by atomic mass is 16.6. The van der Waals surface area contributed by atoms with Gasteiger partial charge in [0.25, 0.3) is 0 Å². The molecule has 10 nitrogen and oxygen atoms in total. The number of rotatable bonds is 16. The number of amides is 3. The van der Waals surface area contributed by atoms with E-state index in [-0.39, 0.29) is 36.6 Å². The van der Waals surface area contributed by atoms with Gasteiger partial charge in [0.1, 0.15) is 35.1 Å². The quantitative estimate of drug-likeness (QED) is 0.132. The molecule has 0 aromatic heterocycles. The number of para-hydroxylation sites is 1. The maximum atomic E-state index is 14.6. The number of alkyl carbamates (subject to hydrolysis) is 1. The summed E-state index contributed by atoms with van der Waals surface area (Å²) < 4.78 is 11.2. The van der Waals surface area contributed by atoms with Crippen molar-refractivity contribution in [1.29, 1.82) is 0 Å². The molecule has 0 aliphatic heterocycles. The van der Waals surface area contributed by atoms with E-state index in [0.717, 1.165) is 24.8 Å². The SMILES string of the molecule is CCCCCCN(C(=O)C(CC(C)C)NC(=O)OC(C)(C)C)C(C(=O)NC(Cc1ccccc1)C(=O)OC(C)(C)C)c1ccccc1O. The number of nitrogens with zero attached hydrogens (tertiary/aromatic N) is 1. The van der Waals surface area contributed by atoms with E-state index in [0.29, 0.717) is 6.42 Å². The van der Waals surface area contributed by atoms with Crippen molar-refractivity contribution in [3.05, 3.63) is 65.7 Å². The van der Waals surface area contributed by atoms with Crippen LogP contribution in [0.2, 0.25) is 0 Å². The van der Waals surface area contributed by atoms with E-state index >= 15 is 0 Å². The smallest absolute Gasteiger partial charge is 0.408 e. The van der Waals surface area contributed by atoms with Crippen molar-refractivity contribution in [2.24, 2.45) is 5.92 Å². The van der Waals surface area contributed by atoms with E-state index in [1.54, 1.807) is 59.7 Å². The normalized spacial score (nSPS) is 13.6. The first-order chi connectivity index (χ1) is 22.4. The highest BCUT2D eigenvalue weighted by Crippen LogP contribution is 2.31. The van der Waals surface area contributed by atoms with Crippen molar-refractivity contribution in [1.82, 2.24) is 15.5 Å². The summed E-state index contributed by atoms with van der Waals surface area (Å²) in [6, 6.07) is 12.2. The van der Waals surface area contributed by atoms with Crippen molar-refractivity contribution >= 4 is 23.9 Å². The van der Waals surface area contributed by atoms with E-state index in [4.69, 9.17) is 9.47 Å². The van der Waals surface area contributed by atoms with Crippen molar-refractivity contribution in [3.63, 3.8) is 0 Å². The van der Waals surface area contributed by atoms with Gasteiger partial charge in [-0.15, -0.1) is 0 Å². The molecule has 0 aliphatic carbocycles. The average molecular weight is 668 g/mol. The number of phenols is 1. The highest BCUT2D eigenvalue weighted by Gasteiger charge is 2.39. The van der Waals surface area contributed by atoms with Crippen LogP contribution in [0.25, 0.3) is 0 Å². The number of nitrogens with one attached hydrogen (secondary N) is 2. The molecule has 0 aliphatic rings. The fourth-order valence-corrected chi connectivity index (χ4v) is 5.25. The van der Waals surface area contributed by atoms with E-state index in [2.05, 4.69) is 17.6 Å². The second-order valence-electron chi connectivity index (χ2n) is 14.7. The van der Waals surface area contributed by atoms with Crippen LogP contribution in [0, 0.1) is 5.92 Å². The summed E-state index contributed by atoms with van der Waals surface area (Å²) in [5, 5.41) is 16.7. The number of hydrogen-bond acceptors (Lipinski definition) is 7. The second kappa shape index (κ2) is 18.5. The second-order valence-corrected chi connectivity index (χ2v) is 14.7. The topological polar surface area (TPSA) is 134 Å². The van der Waals surface area contributed by atoms with Crippen molar-refractivity contribution in [2.45, 2.75) is 130 Å². The molecular weight excluding hydrogens is 610 g/mol. The molecular formula is C38H57N3O7. The Labute approximate surface area is 287 Å². The molecule has 3 unspecified atom stereocenters. The zero-order chi connectivity index (χ0) is 36.1. The molecule has 0 saturated heterocycles. The van der Waals surface area contributed by atoms with Crippen molar-refractivity contribution in [2.75, 3.05) is 6.54 Å². The fourth-order valence-electron chi connectivity index (χ4n) is 5.25. The van der Waals surface area contributed by atoms with Gasteiger partial charge in [0.05, 0.1) is 0 Å². The van der Waals surface area contributed by atoms with Gasteiger partial charge in [0.15, 0.2) is 0 Å². The van der Waals surface area contributed by atoms with Crippen LogP contribution in [-0.4, -0.2) is 63.7 Å². The molecule has 0 fully saturated rings. The number of carbonyl (C=O) groups excluding carboxylic acids is 4. The van der Waals surface area contributed by atoms with Crippen LogP contribution < -0.4 is 10.6 Å². The first-order valence-corrected chi connectivity index (χ1v) is 17.1. The Bertz CT molecular complexity index is 1330. The minimum Gasteiger partial charge on any atom is -0.508 e. The number of carbonyl (C=O) groups is 4. The molecule has 266 valence electrons. The first-order valence-electron chi connectivity index (χ1n) is 17.1. The predicted octanol–water partition coefficient (Wildman–Crippen LogP) is 6.85. The van der Waals surface area contributed by atoms with Gasteiger partial charge in [0, 0.05) is 18.5 Å². The number of phenolic OH excluding ortho intramolecular Hbond substituents is 1. The van der Waals surface area contributed by atoms with E-state index in [1.807, 2.05) is 44.2 Å². The molecule has 10 heteroatoms. The third-order valence-electron chi connectivity index (χ3n) is 7.31. The summed E-state index contributed by atoms with van der Waals surface area (Å²) >= 11 is 0. The molecule has 0 radical (unpaired) electrons. The third kappa shape index (κ3) is 14.0. The van der Waals surface area contributed by atoms with Crippen LogP contribution in [-0.2, 0) is 30.3 Å². The maximum Gasteiger partial charge on any atom is 0.408 e. The molecule has 2 aromatic carbocycles. The minimum absolute atomic E-state index is 0.00986. The molecule has 3 amide bonds. The predicted molar refractivity (Wildman–Crippen MR) is 187 cm³/mol. The molecule has 2 rings (SSSR count). The number of unbranched alkanes of at least 4 members (excludes halogenated alkanes) is 3. The van der Waals surface area contributed by atoms with Gasteiger partial charge in [-0.3, -0.25) is 9.59 Å². The van der Waals surface area contributed by atoms with Crippen LogP contribution in [0.15, 0.2) is 54.6 Å². The summed E-state index contributed by atoms with van der Waals surface area (Å²) in [6.45, 7) is 16.6. The van der Waals surface area contributed by atoms with E-state index in [1.165, 1.54) is 11.0 Å². The zero-order valence-corrected chi connectivity index (χ0v) is 30.3. The lowest BCUT2D eigenvalue weighted by Gasteiger charge is -2.36. The number of ether oxygens (including phenoxy) is 2. The molecule has 3 N–H and O–H groups in total. The van der Waals surface area contributed by atoms with E-state index < -0.39 is 53.2 Å². The minimum atomic E-state index is -1.32. The lowest BCUT2D eigenvalue weighted by atomic mass is 9.97. The maximum absolute atomic E-state index is 14.6. The van der Waals surface area contributed by atoms with Gasteiger partial charge >= 0.3 is 12.1 Å². The number of esters is 1. The Morgan fingerprint density at radius 1 is 0.792 bits per heavy atom. The van der Waals surface area contributed by atoms with Gasteiger partial charge in [-0.1, -0.05) is 88.6 Å². The Morgan fingerprint density at radius 2 is 1.40 bits per heavy atom. The summed E-state index contributed by atoms with van der Waals surface area (Å²) in [7, 11) is 0. The standard InChI is InChI=1S/C38H57N3O7/c1-10-11-12-18-23-41(34(44)29(24-26(2)3)40-36(46)48-38(7,8)9)32(28-21-16-17-22-31(28)42)33(43)39-30(35(45)47-37(4,5)6)25-27-19-14-13-15-20-27/h13-17,19-22,26,29-30,32,42H,10-12,18,23-25H2,1-9H3,(H,39,43)(H,40,46). The van der Waals surface area contributed by atoms with Gasteiger partial charge in [-0.05, 0) is 71.9 Å². The van der Waals surface area contributed by atoms with Gasteiger partial charge in [0.2, 0.25) is 11.8 Å². The molecule has 0 bridgehead atoms. The summed E-state index contributed by atoms with van der Waals surface area (Å²) in [4.78, 5) is 57.0. The van der Waals surface area contributed by atoms with Gasteiger partial charge in [-0.25, -0.2) is 9.59 Å². The van der Waals surface area contributed by atoms with Gasteiger partial charge < -0.3 is 30.1 Å². The lowest BCUT2D eigenvalue weighted by Crippen LogP contribution is -2.55. The van der Waals surface area contributed by atoms with Crippen molar-refractivity contribution < 1.29 is 33.8 Å². The zero-order valence-electron chi connectivity index (χ0n) is 30.3. The summed E-state index contributed by atoms with van der Waals surface area (Å²) in [5.74, 6) is -1.95. The Morgan fingerprint density at radius 3 is 1.96 bits per heavy atom. The lowest BCUT2D eigenvalue weighted by molar-refractivity contribution is -0.159. The van der Waals surface area contributed by atoms with Crippen LogP contribution in [0.5, 0.6) is 5.75 Å². The number of aromatic hydroxyl groups is 1. The molecule has 0 saturated carbocycles. The summed E-state index contributed by atoms with van der Waals surface area (Å²) in [6.07, 6.45) is 2.96. The van der Waals surface area contributed by atoms with Crippen LogP contribution >= 0.6 is 0 Å². The third-order valence-corrected chi connectivity index (χ3v) is 7.31. The molecule has 3 atom stereocenters. The van der Waals surface area contributed by atoms with Crippen molar-refractivity contribution in [3.8, 4) is 5.75 Å². The Hall–Kier alpha value is -4.08. The first kappa shape index (κ1) is 40.1. The van der Waals surface area contributed by atoms with Crippen LogP contribution in [0.1, 0.15) is 112 Å². The largest absolute Gasteiger partial charge is 0.508 e.